The minimum Gasteiger partial charge on any atom is -0.463 e. The topological polar surface area (TPSA) is 111 Å². The van der Waals surface area contributed by atoms with E-state index in [0.717, 1.165) is 0 Å². The average molecular weight is 442 g/mol. The summed E-state index contributed by atoms with van der Waals surface area (Å²) in [5.74, 6) is -1.06. The van der Waals surface area contributed by atoms with Gasteiger partial charge in [0.2, 0.25) is 0 Å². The van der Waals surface area contributed by atoms with Crippen molar-refractivity contribution in [3.63, 3.8) is 0 Å². The van der Waals surface area contributed by atoms with Crippen molar-refractivity contribution in [3.8, 4) is 0 Å². The Hall–Kier alpha value is -3.52. The smallest absolute Gasteiger partial charge is 0.308 e. The van der Waals surface area contributed by atoms with Gasteiger partial charge in [-0.05, 0) is 44.2 Å². The molecule has 0 saturated carbocycles. The van der Waals surface area contributed by atoms with Crippen LogP contribution in [0.3, 0.4) is 0 Å². The van der Waals surface area contributed by atoms with E-state index in [-0.39, 0.29) is 23.8 Å². The Morgan fingerprint density at radius 3 is 2.61 bits per heavy atom. The lowest BCUT2D eigenvalue weighted by Gasteiger charge is -2.19. The molecule has 3 aromatic rings. The largest absolute Gasteiger partial charge is 0.463 e. The quantitative estimate of drug-likeness (QED) is 0.248. The van der Waals surface area contributed by atoms with E-state index in [4.69, 9.17) is 16.3 Å². The van der Waals surface area contributed by atoms with Gasteiger partial charge in [-0.25, -0.2) is 4.98 Å². The van der Waals surface area contributed by atoms with Gasteiger partial charge >= 0.3 is 5.97 Å². The minimum atomic E-state index is -0.945. The molecule has 3 rings (SSSR count). The van der Waals surface area contributed by atoms with Gasteiger partial charge in [-0.15, -0.1) is 0 Å². The Morgan fingerprint density at radius 2 is 1.90 bits per heavy atom. The van der Waals surface area contributed by atoms with Crippen LogP contribution in [0.1, 0.15) is 42.2 Å². The monoisotopic (exact) mass is 441 g/mol. The van der Waals surface area contributed by atoms with E-state index in [1.54, 1.807) is 50.2 Å². The van der Waals surface area contributed by atoms with E-state index in [9.17, 15) is 19.7 Å². The lowest BCUT2D eigenvalue weighted by molar-refractivity contribution is -0.385. The number of amides is 1. The molecule has 1 aromatic heterocycles. The maximum atomic E-state index is 12.9. The van der Waals surface area contributed by atoms with Crippen molar-refractivity contribution in [2.24, 2.45) is 0 Å². The molecule has 0 bridgehead atoms. The van der Waals surface area contributed by atoms with Gasteiger partial charge < -0.3 is 10.1 Å². The Kier molecular flexibility index (Phi) is 6.81. The first-order valence-corrected chi connectivity index (χ1v) is 9.92. The number of nitro groups is 1. The molecule has 1 atom stereocenters. The van der Waals surface area contributed by atoms with Crippen LogP contribution in [0.4, 0.5) is 5.69 Å². The number of hydrogen-bond donors (Lipinski definition) is 1. The van der Waals surface area contributed by atoms with E-state index in [1.807, 2.05) is 0 Å². The van der Waals surface area contributed by atoms with Gasteiger partial charge in [0.25, 0.3) is 11.6 Å². The highest BCUT2D eigenvalue weighted by Crippen LogP contribution is 2.28. The third kappa shape index (κ3) is 5.55. The van der Waals surface area contributed by atoms with E-state index in [1.165, 1.54) is 18.2 Å². The summed E-state index contributed by atoms with van der Waals surface area (Å²) in [5, 5.41) is 15.3. The summed E-state index contributed by atoms with van der Waals surface area (Å²) in [7, 11) is 0. The predicted octanol–water partition coefficient (Wildman–Crippen LogP) is 4.61. The van der Waals surface area contributed by atoms with Crippen molar-refractivity contribution in [2.75, 3.05) is 0 Å². The van der Waals surface area contributed by atoms with Gasteiger partial charge in [-0.3, -0.25) is 19.7 Å². The number of esters is 1. The molecule has 0 radical (unpaired) electrons. The van der Waals surface area contributed by atoms with E-state index in [2.05, 4.69) is 10.3 Å². The first kappa shape index (κ1) is 22.2. The number of aromatic nitrogens is 1. The van der Waals surface area contributed by atoms with Crippen molar-refractivity contribution < 1.29 is 19.2 Å². The molecule has 0 saturated heterocycles. The molecule has 1 N–H and O–H groups in total. The van der Waals surface area contributed by atoms with E-state index >= 15 is 0 Å². The van der Waals surface area contributed by atoms with Crippen LogP contribution in [-0.2, 0) is 9.53 Å². The van der Waals surface area contributed by atoms with Crippen LogP contribution in [0.2, 0.25) is 5.15 Å². The summed E-state index contributed by atoms with van der Waals surface area (Å²) in [5.41, 5.74) is 0.968. The molecule has 0 fully saturated rings. The minimum absolute atomic E-state index is 0.192. The molecule has 1 heterocycles. The number of pyridine rings is 1. The third-order valence-electron chi connectivity index (χ3n) is 4.47. The number of hydrogen-bond acceptors (Lipinski definition) is 6. The fourth-order valence-corrected chi connectivity index (χ4v) is 3.30. The summed E-state index contributed by atoms with van der Waals surface area (Å²) in [6.45, 7) is 3.40. The Labute approximate surface area is 183 Å². The number of ether oxygens (including phenoxy) is 1. The molecule has 0 aliphatic heterocycles. The normalized spacial score (nSPS) is 11.9. The molecule has 160 valence electrons. The van der Waals surface area contributed by atoms with Crippen molar-refractivity contribution in [1.29, 1.82) is 0 Å². The van der Waals surface area contributed by atoms with Gasteiger partial charge in [0.05, 0.1) is 34.6 Å². The van der Waals surface area contributed by atoms with Crippen LogP contribution >= 0.6 is 11.6 Å². The van der Waals surface area contributed by atoms with E-state index < -0.39 is 22.8 Å². The summed E-state index contributed by atoms with van der Waals surface area (Å²) in [6, 6.07) is 13.2. The molecular formula is C22H20ClN3O5. The maximum absolute atomic E-state index is 12.9. The zero-order valence-electron chi connectivity index (χ0n) is 16.9. The summed E-state index contributed by atoms with van der Waals surface area (Å²) in [6.07, 6.45) is -0.603. The molecule has 9 heteroatoms. The first-order valence-electron chi connectivity index (χ1n) is 9.54. The van der Waals surface area contributed by atoms with Crippen LogP contribution in [-0.4, -0.2) is 27.9 Å². The molecular weight excluding hydrogens is 422 g/mol. The Morgan fingerprint density at radius 1 is 1.16 bits per heavy atom. The molecule has 0 spiro atoms. The number of carbonyl (C=O) groups is 2. The highest BCUT2D eigenvalue weighted by atomic mass is 35.5. The average Bonchev–Trinajstić information content (AvgIpc) is 2.72. The van der Waals surface area contributed by atoms with Crippen molar-refractivity contribution in [3.05, 3.63) is 81.0 Å². The first-order chi connectivity index (χ1) is 14.7. The van der Waals surface area contributed by atoms with Crippen molar-refractivity contribution in [2.45, 2.75) is 32.4 Å². The van der Waals surface area contributed by atoms with Crippen molar-refractivity contribution in [1.82, 2.24) is 10.3 Å². The lowest BCUT2D eigenvalue weighted by Crippen LogP contribution is -2.31. The number of nitro benzene ring substituents is 1. The van der Waals surface area contributed by atoms with Gasteiger partial charge in [-0.2, -0.15) is 0 Å². The van der Waals surface area contributed by atoms with Gasteiger partial charge in [-0.1, -0.05) is 29.8 Å². The summed E-state index contributed by atoms with van der Waals surface area (Å²) < 4.78 is 5.18. The number of fused-ring (bicyclic) bond motifs is 1. The second-order valence-corrected chi connectivity index (χ2v) is 7.51. The fourth-order valence-electron chi connectivity index (χ4n) is 3.15. The maximum Gasteiger partial charge on any atom is 0.308 e. The number of para-hydroxylation sites is 1. The molecule has 0 aliphatic rings. The highest BCUT2D eigenvalue weighted by Gasteiger charge is 2.27. The molecule has 31 heavy (non-hydrogen) atoms. The standard InChI is InChI=1S/C22H20ClN3O5/c1-13(2)31-21(27)12-18(16-5-3-4-6-19(16)26(29)30)25-22(28)15-7-9-17-14(11-15)8-10-20(23)24-17/h3-11,13,18H,12H2,1-2H3,(H,25,28). The van der Waals surface area contributed by atoms with Crippen LogP contribution in [0, 0.1) is 10.1 Å². The molecule has 0 aliphatic carbocycles. The number of nitrogens with one attached hydrogen (secondary N) is 1. The number of halogens is 1. The van der Waals surface area contributed by atoms with Gasteiger partial charge in [0.1, 0.15) is 5.15 Å². The molecule has 1 amide bonds. The molecule has 1 unspecified atom stereocenters. The van der Waals surface area contributed by atoms with Crippen LogP contribution < -0.4 is 5.32 Å². The van der Waals surface area contributed by atoms with E-state index in [0.29, 0.717) is 21.6 Å². The zero-order chi connectivity index (χ0) is 22.5. The number of nitrogens with zero attached hydrogens (tertiary/aromatic N) is 2. The van der Waals surface area contributed by atoms with Crippen LogP contribution in [0.25, 0.3) is 10.9 Å². The van der Waals surface area contributed by atoms with Crippen molar-refractivity contribution >= 4 is 40.1 Å². The second-order valence-electron chi connectivity index (χ2n) is 7.13. The lowest BCUT2D eigenvalue weighted by atomic mass is 10.0. The fraction of sp³-hybridized carbons (Fsp3) is 0.227. The Bertz CT molecular complexity index is 1150. The summed E-state index contributed by atoms with van der Waals surface area (Å²) in [4.78, 5) is 40.3. The molecule has 2 aromatic carbocycles. The number of carbonyl (C=O) groups excluding carboxylic acids is 2. The highest BCUT2D eigenvalue weighted by molar-refractivity contribution is 6.29. The SMILES string of the molecule is CC(C)OC(=O)CC(NC(=O)c1ccc2nc(Cl)ccc2c1)c1ccccc1[N+](=O)[O-]. The second kappa shape index (κ2) is 9.53. The van der Waals surface area contributed by atoms with Crippen LogP contribution in [0.5, 0.6) is 0 Å². The van der Waals surface area contributed by atoms with Gasteiger partial charge in [0, 0.05) is 17.0 Å². The number of benzene rings is 2. The Balaban J connectivity index is 1.92. The van der Waals surface area contributed by atoms with Crippen LogP contribution in [0.15, 0.2) is 54.6 Å². The van der Waals surface area contributed by atoms with Gasteiger partial charge in [0.15, 0.2) is 0 Å². The zero-order valence-corrected chi connectivity index (χ0v) is 17.6. The number of rotatable bonds is 7. The third-order valence-corrected chi connectivity index (χ3v) is 4.68. The summed E-state index contributed by atoms with van der Waals surface area (Å²) >= 11 is 5.89. The molecule has 8 nitrogen and oxygen atoms in total. The predicted molar refractivity (Wildman–Crippen MR) is 116 cm³/mol.